The van der Waals surface area contributed by atoms with Crippen LogP contribution in [0.4, 0.5) is 0 Å². The quantitative estimate of drug-likeness (QED) is 0.686. The summed E-state index contributed by atoms with van der Waals surface area (Å²) in [7, 11) is 0. The first-order valence-corrected chi connectivity index (χ1v) is 7.88. The van der Waals surface area contributed by atoms with E-state index in [4.69, 9.17) is 5.11 Å². The molecule has 0 saturated heterocycles. The molecule has 1 aromatic carbocycles. The van der Waals surface area contributed by atoms with Crippen molar-refractivity contribution in [3.8, 4) is 0 Å². The van der Waals surface area contributed by atoms with Crippen molar-refractivity contribution in [3.05, 3.63) is 35.9 Å². The van der Waals surface area contributed by atoms with Crippen molar-refractivity contribution in [2.45, 2.75) is 64.3 Å². The lowest BCUT2D eigenvalue weighted by atomic mass is 9.79. The van der Waals surface area contributed by atoms with Gasteiger partial charge >= 0.3 is 5.97 Å². The molecular weight excluding hydrogens is 278 g/mol. The van der Waals surface area contributed by atoms with Crippen molar-refractivity contribution in [1.82, 2.24) is 5.32 Å². The fraction of sp³-hybridized carbons (Fsp3) is 0.556. The number of hydrogen-bond donors (Lipinski definition) is 2. The number of carbonyl (C=O) groups is 2. The molecule has 1 rings (SSSR count). The molecule has 0 aromatic heterocycles. The lowest BCUT2D eigenvalue weighted by Crippen LogP contribution is -2.37. The van der Waals surface area contributed by atoms with E-state index in [0.29, 0.717) is 19.3 Å². The molecule has 0 fully saturated rings. The maximum Gasteiger partial charge on any atom is 0.303 e. The van der Waals surface area contributed by atoms with E-state index in [1.54, 1.807) is 0 Å². The molecule has 1 unspecified atom stereocenters. The van der Waals surface area contributed by atoms with Gasteiger partial charge in [-0.2, -0.15) is 0 Å². The maximum absolute atomic E-state index is 11.9. The molecule has 22 heavy (non-hydrogen) atoms. The van der Waals surface area contributed by atoms with Crippen molar-refractivity contribution >= 4 is 11.9 Å². The highest BCUT2D eigenvalue weighted by molar-refractivity contribution is 5.76. The molecule has 0 saturated carbocycles. The number of unbranched alkanes of at least 4 members (excludes halogenated alkanes) is 1. The van der Waals surface area contributed by atoms with Gasteiger partial charge in [-0.15, -0.1) is 0 Å². The number of carboxylic acids is 1. The summed E-state index contributed by atoms with van der Waals surface area (Å²) < 4.78 is 0. The normalized spacial score (nSPS) is 12.7. The molecule has 0 heterocycles. The molecule has 1 amide bonds. The third-order valence-corrected chi connectivity index (χ3v) is 3.82. The van der Waals surface area contributed by atoms with Crippen LogP contribution >= 0.6 is 0 Å². The molecule has 0 radical (unpaired) electrons. The Hall–Kier alpha value is -1.84. The highest BCUT2D eigenvalue weighted by Gasteiger charge is 2.23. The number of benzene rings is 1. The topological polar surface area (TPSA) is 66.4 Å². The monoisotopic (exact) mass is 305 g/mol. The van der Waals surface area contributed by atoms with Gasteiger partial charge in [-0.25, -0.2) is 0 Å². The molecule has 4 heteroatoms. The molecule has 0 aliphatic carbocycles. The maximum atomic E-state index is 11.9. The summed E-state index contributed by atoms with van der Waals surface area (Å²) in [4.78, 5) is 22.3. The summed E-state index contributed by atoms with van der Waals surface area (Å²) in [5.41, 5.74) is 1.26. The summed E-state index contributed by atoms with van der Waals surface area (Å²) in [6, 6.07) is 10.4. The van der Waals surface area contributed by atoms with Gasteiger partial charge in [-0.1, -0.05) is 44.2 Å². The van der Waals surface area contributed by atoms with Gasteiger partial charge in [0.2, 0.25) is 5.91 Å². The highest BCUT2D eigenvalue weighted by atomic mass is 16.4. The molecule has 2 N–H and O–H groups in total. The zero-order valence-electron chi connectivity index (χ0n) is 13.8. The Balaban J connectivity index is 2.37. The SMILES string of the molecule is CC(CC(C)(C)c1ccccc1)NC(=O)CCCCC(=O)O. The number of aliphatic carboxylic acids is 1. The van der Waals surface area contributed by atoms with Gasteiger partial charge in [-0.3, -0.25) is 9.59 Å². The lowest BCUT2D eigenvalue weighted by Gasteiger charge is -2.29. The van der Waals surface area contributed by atoms with Crippen LogP contribution in [-0.2, 0) is 15.0 Å². The van der Waals surface area contributed by atoms with Crippen LogP contribution in [0.15, 0.2) is 30.3 Å². The fourth-order valence-corrected chi connectivity index (χ4v) is 2.73. The van der Waals surface area contributed by atoms with E-state index in [9.17, 15) is 9.59 Å². The molecular formula is C18H27NO3. The third-order valence-electron chi connectivity index (χ3n) is 3.82. The first-order valence-electron chi connectivity index (χ1n) is 7.88. The summed E-state index contributed by atoms with van der Waals surface area (Å²) in [5, 5.41) is 11.6. The van der Waals surface area contributed by atoms with E-state index in [0.717, 1.165) is 6.42 Å². The van der Waals surface area contributed by atoms with Gasteiger partial charge in [0.05, 0.1) is 0 Å². The van der Waals surface area contributed by atoms with Gasteiger partial charge < -0.3 is 10.4 Å². The minimum atomic E-state index is -0.807. The standard InChI is InChI=1S/C18H27NO3/c1-14(19-16(20)11-7-8-12-17(21)22)13-18(2,3)15-9-5-4-6-10-15/h4-6,9-10,14H,7-8,11-13H2,1-3H3,(H,19,20)(H,21,22). The summed E-state index contributed by atoms with van der Waals surface area (Å²) in [6.45, 7) is 6.37. The van der Waals surface area contributed by atoms with Gasteiger partial charge in [0.25, 0.3) is 0 Å². The smallest absolute Gasteiger partial charge is 0.303 e. The zero-order chi connectivity index (χ0) is 16.6. The molecule has 122 valence electrons. The van der Waals surface area contributed by atoms with Crippen LogP contribution in [0.3, 0.4) is 0 Å². The van der Waals surface area contributed by atoms with Crippen LogP contribution in [0.25, 0.3) is 0 Å². The molecule has 0 aliphatic rings. The Kier molecular flexibility index (Phi) is 7.09. The van der Waals surface area contributed by atoms with Gasteiger partial charge in [0, 0.05) is 18.9 Å². The fourth-order valence-electron chi connectivity index (χ4n) is 2.73. The summed E-state index contributed by atoms with van der Waals surface area (Å²) in [6.07, 6.45) is 2.55. The van der Waals surface area contributed by atoms with Crippen molar-refractivity contribution in [2.24, 2.45) is 0 Å². The van der Waals surface area contributed by atoms with Crippen LogP contribution in [0.1, 0.15) is 58.4 Å². The number of carboxylic acid groups (broad SMARTS) is 1. The molecule has 0 spiro atoms. The predicted octanol–water partition coefficient (Wildman–Crippen LogP) is 3.50. The second-order valence-electron chi connectivity index (χ2n) is 6.52. The number of hydrogen-bond acceptors (Lipinski definition) is 2. The first-order chi connectivity index (χ1) is 10.3. The minimum Gasteiger partial charge on any atom is -0.481 e. The predicted molar refractivity (Wildman–Crippen MR) is 87.8 cm³/mol. The molecule has 4 nitrogen and oxygen atoms in total. The largest absolute Gasteiger partial charge is 0.481 e. The van der Waals surface area contributed by atoms with Crippen LogP contribution in [-0.4, -0.2) is 23.0 Å². The second kappa shape index (κ2) is 8.57. The molecule has 1 aromatic rings. The Morgan fingerprint density at radius 2 is 1.73 bits per heavy atom. The Labute approximate surface area is 132 Å². The average molecular weight is 305 g/mol. The van der Waals surface area contributed by atoms with Crippen molar-refractivity contribution in [1.29, 1.82) is 0 Å². The van der Waals surface area contributed by atoms with E-state index < -0.39 is 5.97 Å². The zero-order valence-corrected chi connectivity index (χ0v) is 13.8. The van der Waals surface area contributed by atoms with Crippen LogP contribution in [0.5, 0.6) is 0 Å². The van der Waals surface area contributed by atoms with Crippen molar-refractivity contribution < 1.29 is 14.7 Å². The number of amides is 1. The van der Waals surface area contributed by atoms with Crippen molar-refractivity contribution in [3.63, 3.8) is 0 Å². The van der Waals surface area contributed by atoms with Crippen LogP contribution in [0.2, 0.25) is 0 Å². The van der Waals surface area contributed by atoms with Crippen LogP contribution < -0.4 is 5.32 Å². The molecule has 1 atom stereocenters. The average Bonchev–Trinajstić information content (AvgIpc) is 2.43. The van der Waals surface area contributed by atoms with Crippen LogP contribution in [0, 0.1) is 0 Å². The minimum absolute atomic E-state index is 0.00162. The Morgan fingerprint density at radius 3 is 2.32 bits per heavy atom. The molecule has 0 bridgehead atoms. The van der Waals surface area contributed by atoms with Gasteiger partial charge in [0.1, 0.15) is 0 Å². The number of carbonyl (C=O) groups excluding carboxylic acids is 1. The van der Waals surface area contributed by atoms with E-state index >= 15 is 0 Å². The van der Waals surface area contributed by atoms with E-state index in [1.807, 2.05) is 25.1 Å². The molecule has 0 aliphatic heterocycles. The lowest BCUT2D eigenvalue weighted by molar-refractivity contribution is -0.137. The van der Waals surface area contributed by atoms with Crippen molar-refractivity contribution in [2.75, 3.05) is 0 Å². The van der Waals surface area contributed by atoms with Gasteiger partial charge in [-0.05, 0) is 37.2 Å². The Bertz CT molecular complexity index is 482. The highest BCUT2D eigenvalue weighted by Crippen LogP contribution is 2.28. The van der Waals surface area contributed by atoms with Gasteiger partial charge in [0.15, 0.2) is 0 Å². The summed E-state index contributed by atoms with van der Waals surface area (Å²) >= 11 is 0. The van der Waals surface area contributed by atoms with E-state index in [-0.39, 0.29) is 23.8 Å². The first kappa shape index (κ1) is 18.2. The second-order valence-corrected chi connectivity index (χ2v) is 6.52. The van der Waals surface area contributed by atoms with E-state index in [1.165, 1.54) is 5.56 Å². The number of rotatable bonds is 9. The summed E-state index contributed by atoms with van der Waals surface area (Å²) in [5.74, 6) is -0.805. The van der Waals surface area contributed by atoms with E-state index in [2.05, 4.69) is 31.3 Å². The number of nitrogens with one attached hydrogen (secondary N) is 1. The Morgan fingerprint density at radius 1 is 1.14 bits per heavy atom. The third kappa shape index (κ3) is 6.74.